The van der Waals surface area contributed by atoms with Gasteiger partial charge in [0, 0.05) is 24.7 Å². The standard InChI is InChI=1S/C18H36N2O/c1-5-16-13-21-12-11-20(16)18(14-19)9-7-15(8-10-18)17(3,4)6-2/h15-16H,5-14,19H2,1-4H3. The van der Waals surface area contributed by atoms with Gasteiger partial charge >= 0.3 is 0 Å². The highest BCUT2D eigenvalue weighted by Gasteiger charge is 2.44. The number of morpholine rings is 1. The molecule has 1 aliphatic heterocycles. The van der Waals surface area contributed by atoms with Gasteiger partial charge in [0.15, 0.2) is 0 Å². The zero-order valence-electron chi connectivity index (χ0n) is 14.7. The van der Waals surface area contributed by atoms with Crippen molar-refractivity contribution in [3.63, 3.8) is 0 Å². The van der Waals surface area contributed by atoms with E-state index < -0.39 is 0 Å². The highest BCUT2D eigenvalue weighted by atomic mass is 16.5. The van der Waals surface area contributed by atoms with E-state index in [-0.39, 0.29) is 5.54 Å². The molecule has 0 aromatic heterocycles. The first-order chi connectivity index (χ1) is 9.99. The van der Waals surface area contributed by atoms with Gasteiger partial charge in [0.25, 0.3) is 0 Å². The van der Waals surface area contributed by atoms with Crippen molar-refractivity contribution in [2.24, 2.45) is 17.1 Å². The molecule has 2 aliphatic rings. The van der Waals surface area contributed by atoms with Gasteiger partial charge in [-0.05, 0) is 43.4 Å². The summed E-state index contributed by atoms with van der Waals surface area (Å²) in [5, 5.41) is 0. The van der Waals surface area contributed by atoms with Gasteiger partial charge in [-0.25, -0.2) is 0 Å². The zero-order chi connectivity index (χ0) is 15.5. The Morgan fingerprint density at radius 1 is 1.24 bits per heavy atom. The number of ether oxygens (including phenoxy) is 1. The van der Waals surface area contributed by atoms with Crippen LogP contribution in [0.5, 0.6) is 0 Å². The predicted octanol–water partition coefficient (Wildman–Crippen LogP) is 3.42. The topological polar surface area (TPSA) is 38.5 Å². The van der Waals surface area contributed by atoms with Crippen molar-refractivity contribution in [2.75, 3.05) is 26.3 Å². The minimum atomic E-state index is 0.241. The Morgan fingerprint density at radius 2 is 1.90 bits per heavy atom. The van der Waals surface area contributed by atoms with Crippen LogP contribution in [0.1, 0.15) is 66.2 Å². The largest absolute Gasteiger partial charge is 0.378 e. The molecule has 1 atom stereocenters. The van der Waals surface area contributed by atoms with E-state index in [0.29, 0.717) is 11.5 Å². The van der Waals surface area contributed by atoms with Gasteiger partial charge in [-0.1, -0.05) is 34.1 Å². The fraction of sp³-hybridized carbons (Fsp3) is 1.00. The van der Waals surface area contributed by atoms with Crippen LogP contribution < -0.4 is 5.73 Å². The summed E-state index contributed by atoms with van der Waals surface area (Å²) in [5.41, 5.74) is 7.01. The smallest absolute Gasteiger partial charge is 0.0622 e. The fourth-order valence-electron chi connectivity index (χ4n) is 4.45. The van der Waals surface area contributed by atoms with Crippen molar-refractivity contribution in [1.82, 2.24) is 4.90 Å². The zero-order valence-corrected chi connectivity index (χ0v) is 14.7. The van der Waals surface area contributed by atoms with E-state index in [1.807, 2.05) is 0 Å². The van der Waals surface area contributed by atoms with Crippen LogP contribution in [0.15, 0.2) is 0 Å². The summed E-state index contributed by atoms with van der Waals surface area (Å²) in [4.78, 5) is 2.71. The van der Waals surface area contributed by atoms with Gasteiger partial charge in [-0.3, -0.25) is 4.90 Å². The molecule has 1 heterocycles. The average Bonchev–Trinajstić information content (AvgIpc) is 2.54. The van der Waals surface area contributed by atoms with Crippen molar-refractivity contribution in [2.45, 2.75) is 77.8 Å². The van der Waals surface area contributed by atoms with E-state index >= 15 is 0 Å². The van der Waals surface area contributed by atoms with Crippen LogP contribution in [0.3, 0.4) is 0 Å². The Morgan fingerprint density at radius 3 is 2.43 bits per heavy atom. The molecular formula is C18H36N2O. The third kappa shape index (κ3) is 3.46. The van der Waals surface area contributed by atoms with Crippen molar-refractivity contribution in [3.05, 3.63) is 0 Å². The molecule has 1 aliphatic carbocycles. The van der Waals surface area contributed by atoms with E-state index in [9.17, 15) is 0 Å². The fourth-order valence-corrected chi connectivity index (χ4v) is 4.45. The molecule has 0 aromatic rings. The van der Waals surface area contributed by atoms with Gasteiger partial charge in [-0.2, -0.15) is 0 Å². The lowest BCUT2D eigenvalue weighted by molar-refractivity contribution is -0.0845. The number of hydrogen-bond acceptors (Lipinski definition) is 3. The normalized spacial score (nSPS) is 35.9. The molecule has 124 valence electrons. The first-order valence-electron chi connectivity index (χ1n) is 9.03. The average molecular weight is 296 g/mol. The predicted molar refractivity (Wildman–Crippen MR) is 89.4 cm³/mol. The third-order valence-corrected chi connectivity index (χ3v) is 6.62. The summed E-state index contributed by atoms with van der Waals surface area (Å²) >= 11 is 0. The molecular weight excluding hydrogens is 260 g/mol. The molecule has 0 aromatic carbocycles. The molecule has 2 rings (SSSR count). The Kier molecular flexibility index (Phi) is 5.72. The summed E-state index contributed by atoms with van der Waals surface area (Å²) in [5.74, 6) is 0.864. The second-order valence-electron chi connectivity index (χ2n) is 7.88. The summed E-state index contributed by atoms with van der Waals surface area (Å²) in [6, 6.07) is 0.568. The first kappa shape index (κ1) is 17.2. The van der Waals surface area contributed by atoms with Crippen molar-refractivity contribution in [3.8, 4) is 0 Å². The maximum Gasteiger partial charge on any atom is 0.0622 e. The van der Waals surface area contributed by atoms with E-state index in [0.717, 1.165) is 32.2 Å². The van der Waals surface area contributed by atoms with Crippen LogP contribution in [0, 0.1) is 11.3 Å². The number of hydrogen-bond donors (Lipinski definition) is 1. The lowest BCUT2D eigenvalue weighted by Crippen LogP contribution is -2.63. The van der Waals surface area contributed by atoms with Crippen LogP contribution in [0.25, 0.3) is 0 Å². The SMILES string of the molecule is CCC1COCCN1C1(CN)CCC(C(C)(C)CC)CC1. The van der Waals surface area contributed by atoms with Gasteiger partial charge in [0.2, 0.25) is 0 Å². The summed E-state index contributed by atoms with van der Waals surface area (Å²) in [6.07, 6.45) is 7.67. The van der Waals surface area contributed by atoms with E-state index in [4.69, 9.17) is 10.5 Å². The van der Waals surface area contributed by atoms with Crippen LogP contribution in [0.4, 0.5) is 0 Å². The highest BCUT2D eigenvalue weighted by molar-refractivity contribution is 5.00. The molecule has 0 spiro atoms. The summed E-state index contributed by atoms with van der Waals surface area (Å²) < 4.78 is 5.69. The molecule has 21 heavy (non-hydrogen) atoms. The Labute approximate surface area is 131 Å². The third-order valence-electron chi connectivity index (χ3n) is 6.62. The highest BCUT2D eigenvalue weighted by Crippen LogP contribution is 2.45. The lowest BCUT2D eigenvalue weighted by atomic mass is 9.65. The molecule has 3 heteroatoms. The number of nitrogens with zero attached hydrogens (tertiary/aromatic N) is 1. The minimum absolute atomic E-state index is 0.241. The molecule has 0 amide bonds. The first-order valence-corrected chi connectivity index (χ1v) is 9.03. The Balaban J connectivity index is 2.07. The summed E-state index contributed by atoms with van der Waals surface area (Å²) in [6.45, 7) is 13.1. The second kappa shape index (κ2) is 6.97. The van der Waals surface area contributed by atoms with Gasteiger partial charge in [0.1, 0.15) is 0 Å². The van der Waals surface area contributed by atoms with Gasteiger partial charge in [0.05, 0.1) is 13.2 Å². The van der Waals surface area contributed by atoms with E-state index in [2.05, 4.69) is 32.6 Å². The lowest BCUT2D eigenvalue weighted by Gasteiger charge is -2.53. The number of nitrogens with two attached hydrogens (primary N) is 1. The van der Waals surface area contributed by atoms with Crippen molar-refractivity contribution in [1.29, 1.82) is 0 Å². The number of rotatable bonds is 5. The van der Waals surface area contributed by atoms with Crippen molar-refractivity contribution >= 4 is 0 Å². The molecule has 1 saturated carbocycles. The van der Waals surface area contributed by atoms with Crippen molar-refractivity contribution < 1.29 is 4.74 Å². The second-order valence-corrected chi connectivity index (χ2v) is 7.88. The van der Waals surface area contributed by atoms with Gasteiger partial charge in [-0.15, -0.1) is 0 Å². The molecule has 0 bridgehead atoms. The summed E-state index contributed by atoms with van der Waals surface area (Å²) in [7, 11) is 0. The Bertz CT molecular complexity index is 321. The van der Waals surface area contributed by atoms with E-state index in [1.54, 1.807) is 0 Å². The molecule has 2 fully saturated rings. The van der Waals surface area contributed by atoms with Crippen LogP contribution >= 0.6 is 0 Å². The monoisotopic (exact) mass is 296 g/mol. The van der Waals surface area contributed by atoms with Crippen LogP contribution in [0.2, 0.25) is 0 Å². The van der Waals surface area contributed by atoms with Crippen LogP contribution in [-0.2, 0) is 4.74 Å². The Hall–Kier alpha value is -0.120. The van der Waals surface area contributed by atoms with Crippen LogP contribution in [-0.4, -0.2) is 42.8 Å². The maximum absolute atomic E-state index is 6.29. The molecule has 2 N–H and O–H groups in total. The molecule has 1 saturated heterocycles. The minimum Gasteiger partial charge on any atom is -0.378 e. The molecule has 1 unspecified atom stereocenters. The molecule has 3 nitrogen and oxygen atoms in total. The molecule has 0 radical (unpaired) electrons. The maximum atomic E-state index is 6.29. The van der Waals surface area contributed by atoms with E-state index in [1.165, 1.54) is 38.5 Å². The quantitative estimate of drug-likeness (QED) is 0.845. The van der Waals surface area contributed by atoms with Gasteiger partial charge < -0.3 is 10.5 Å².